The Labute approximate surface area is 104 Å². The van der Waals surface area contributed by atoms with Gasteiger partial charge in [-0.3, -0.25) is 0 Å². The van der Waals surface area contributed by atoms with Gasteiger partial charge in [0.25, 0.3) is 0 Å². The van der Waals surface area contributed by atoms with E-state index in [4.69, 9.17) is 0 Å². The van der Waals surface area contributed by atoms with Crippen LogP contribution in [-0.4, -0.2) is 15.8 Å². The van der Waals surface area contributed by atoms with Gasteiger partial charge in [-0.15, -0.1) is 11.3 Å². The summed E-state index contributed by atoms with van der Waals surface area (Å²) in [5, 5.41) is 0. The molecule has 3 heteroatoms. The molecule has 0 aromatic rings. The molecule has 0 fully saturated rings. The van der Waals surface area contributed by atoms with Gasteiger partial charge in [0.05, 0.1) is 0 Å². The molecular formula is C13H27NOS. The van der Waals surface area contributed by atoms with E-state index in [1.54, 1.807) is 0 Å². The smallest absolute Gasteiger partial charge is 0.136 e. The Bertz CT molecular complexity index is 189. The van der Waals surface area contributed by atoms with Gasteiger partial charge >= 0.3 is 0 Å². The molecule has 0 bridgehead atoms. The molecule has 0 rings (SSSR count). The molecular weight excluding hydrogens is 218 g/mol. The molecule has 0 radical (unpaired) electrons. The number of allylic oxidation sites excluding steroid dienone is 1. The van der Waals surface area contributed by atoms with Gasteiger partial charge in [0.2, 0.25) is 0 Å². The molecule has 0 saturated heterocycles. The van der Waals surface area contributed by atoms with Gasteiger partial charge in [0.15, 0.2) is 0 Å². The molecule has 0 aliphatic heterocycles. The Hall–Kier alpha value is 0.01000. The molecule has 0 aromatic heterocycles. The lowest BCUT2D eigenvalue weighted by atomic mass is 9.98. The fourth-order valence-electron chi connectivity index (χ4n) is 1.52. The van der Waals surface area contributed by atoms with Crippen LogP contribution in [0.1, 0.15) is 53.4 Å². The summed E-state index contributed by atoms with van der Waals surface area (Å²) in [5.41, 5.74) is 0. The van der Waals surface area contributed by atoms with Crippen LogP contribution >= 0.6 is 0 Å². The monoisotopic (exact) mass is 245 g/mol. The molecule has 0 aliphatic carbocycles. The van der Waals surface area contributed by atoms with Crippen molar-refractivity contribution in [3.63, 3.8) is 0 Å². The molecule has 2 atom stereocenters. The second-order valence-electron chi connectivity index (χ2n) is 5.25. The predicted molar refractivity (Wildman–Crippen MR) is 73.7 cm³/mol. The van der Waals surface area contributed by atoms with Crippen LogP contribution < -0.4 is 4.72 Å². The Balaban J connectivity index is 3.95. The quantitative estimate of drug-likeness (QED) is 0.525. The zero-order chi connectivity index (χ0) is 12.6. The molecule has 1 N–H and O–H groups in total. The van der Waals surface area contributed by atoms with Gasteiger partial charge in [-0.25, -0.2) is 0 Å². The van der Waals surface area contributed by atoms with E-state index in [0.29, 0.717) is 5.92 Å². The summed E-state index contributed by atoms with van der Waals surface area (Å²) in [4.78, 5) is 0. The molecule has 0 spiro atoms. The molecule has 0 heterocycles. The van der Waals surface area contributed by atoms with Crippen LogP contribution in [0.15, 0.2) is 12.7 Å². The summed E-state index contributed by atoms with van der Waals surface area (Å²) in [6.07, 6.45) is 6.54. The Morgan fingerprint density at radius 2 is 2.00 bits per heavy atom. The van der Waals surface area contributed by atoms with E-state index in [2.05, 4.69) is 18.2 Å². The van der Waals surface area contributed by atoms with Gasteiger partial charge in [-0.1, -0.05) is 19.4 Å². The third-order valence-corrected chi connectivity index (χ3v) is 4.08. The minimum atomic E-state index is -0.943. The SMILES string of the molecule is C=CCCC(CCC)CN[S@@+]([O-])C(C)(C)C. The summed E-state index contributed by atoms with van der Waals surface area (Å²) >= 11 is -0.943. The average Bonchev–Trinajstić information content (AvgIpc) is 2.20. The van der Waals surface area contributed by atoms with Crippen LogP contribution in [0.5, 0.6) is 0 Å². The molecule has 16 heavy (non-hydrogen) atoms. The van der Waals surface area contributed by atoms with E-state index in [9.17, 15) is 4.55 Å². The van der Waals surface area contributed by atoms with E-state index in [1.807, 2.05) is 26.8 Å². The van der Waals surface area contributed by atoms with Gasteiger partial charge in [-0.2, -0.15) is 0 Å². The minimum Gasteiger partial charge on any atom is -0.598 e. The lowest BCUT2D eigenvalue weighted by molar-refractivity contribution is 0.437. The number of hydrogen-bond acceptors (Lipinski definition) is 2. The van der Waals surface area contributed by atoms with E-state index in [0.717, 1.165) is 19.4 Å². The molecule has 96 valence electrons. The zero-order valence-corrected chi connectivity index (χ0v) is 12.0. The number of nitrogens with one attached hydrogen (secondary N) is 1. The van der Waals surface area contributed by atoms with Crippen LogP contribution in [0.2, 0.25) is 0 Å². The van der Waals surface area contributed by atoms with Gasteiger partial charge in [0.1, 0.15) is 4.75 Å². The van der Waals surface area contributed by atoms with Crippen LogP contribution in [0.4, 0.5) is 0 Å². The molecule has 0 aromatic carbocycles. The first-order valence-corrected chi connectivity index (χ1v) is 7.33. The summed E-state index contributed by atoms with van der Waals surface area (Å²) in [7, 11) is 0. The van der Waals surface area contributed by atoms with Gasteiger partial charge < -0.3 is 4.55 Å². The highest BCUT2D eigenvalue weighted by Gasteiger charge is 2.26. The van der Waals surface area contributed by atoms with Gasteiger partial charge in [0, 0.05) is 17.9 Å². The number of hydrogen-bond donors (Lipinski definition) is 1. The van der Waals surface area contributed by atoms with Crippen molar-refractivity contribution in [2.24, 2.45) is 5.92 Å². The standard InChI is InChI=1S/C13H27NOS/c1-6-8-10-12(9-7-2)11-14-16(15)13(3,4)5/h6,12,14H,1,7-11H2,2-5H3/t12?,16-/m0/s1. The lowest BCUT2D eigenvalue weighted by Gasteiger charge is -2.25. The van der Waals surface area contributed by atoms with Crippen molar-refractivity contribution >= 4 is 11.4 Å². The molecule has 1 unspecified atom stereocenters. The van der Waals surface area contributed by atoms with Crippen LogP contribution in [-0.2, 0) is 11.4 Å². The highest BCUT2D eigenvalue weighted by Crippen LogP contribution is 2.16. The Kier molecular flexibility index (Phi) is 8.16. The van der Waals surface area contributed by atoms with E-state index >= 15 is 0 Å². The fourth-order valence-corrected chi connectivity index (χ4v) is 2.34. The zero-order valence-electron chi connectivity index (χ0n) is 11.2. The second-order valence-corrected chi connectivity index (χ2v) is 7.30. The summed E-state index contributed by atoms with van der Waals surface area (Å²) in [6.45, 7) is 12.8. The largest absolute Gasteiger partial charge is 0.598 e. The van der Waals surface area contributed by atoms with Crippen molar-refractivity contribution in [2.75, 3.05) is 6.54 Å². The minimum absolute atomic E-state index is 0.171. The highest BCUT2D eigenvalue weighted by molar-refractivity contribution is 7.90. The third kappa shape index (κ3) is 7.31. The predicted octanol–water partition coefficient (Wildman–Crippen LogP) is 3.42. The molecule has 0 amide bonds. The van der Waals surface area contributed by atoms with E-state index < -0.39 is 11.4 Å². The van der Waals surface area contributed by atoms with Crippen LogP contribution in [0, 0.1) is 5.92 Å². The van der Waals surface area contributed by atoms with E-state index in [1.165, 1.54) is 12.8 Å². The molecule has 0 saturated carbocycles. The summed E-state index contributed by atoms with van der Waals surface area (Å²) in [5.74, 6) is 0.620. The highest BCUT2D eigenvalue weighted by atomic mass is 32.2. The van der Waals surface area contributed by atoms with Crippen LogP contribution in [0.25, 0.3) is 0 Å². The maximum Gasteiger partial charge on any atom is 0.136 e. The third-order valence-electron chi connectivity index (χ3n) is 2.54. The van der Waals surface area contributed by atoms with E-state index in [-0.39, 0.29) is 4.75 Å². The topological polar surface area (TPSA) is 35.1 Å². The normalized spacial score (nSPS) is 15.8. The molecule has 0 aliphatic rings. The second kappa shape index (κ2) is 8.15. The van der Waals surface area contributed by atoms with Crippen molar-refractivity contribution in [3.05, 3.63) is 12.7 Å². The van der Waals surface area contributed by atoms with Crippen molar-refractivity contribution in [2.45, 2.75) is 58.1 Å². The van der Waals surface area contributed by atoms with Crippen LogP contribution in [0.3, 0.4) is 0 Å². The average molecular weight is 245 g/mol. The lowest BCUT2D eigenvalue weighted by Crippen LogP contribution is -2.41. The maximum atomic E-state index is 11.8. The Morgan fingerprint density at radius 3 is 2.44 bits per heavy atom. The Morgan fingerprint density at radius 1 is 1.38 bits per heavy atom. The first-order chi connectivity index (χ1) is 7.41. The molecule has 2 nitrogen and oxygen atoms in total. The van der Waals surface area contributed by atoms with Gasteiger partial charge in [-0.05, 0) is 46.0 Å². The fraction of sp³-hybridized carbons (Fsp3) is 0.846. The first kappa shape index (κ1) is 16.0. The maximum absolute atomic E-state index is 11.8. The van der Waals surface area contributed by atoms with Crippen molar-refractivity contribution in [1.29, 1.82) is 0 Å². The summed E-state index contributed by atoms with van der Waals surface area (Å²) < 4.78 is 14.8. The van der Waals surface area contributed by atoms with Crippen molar-refractivity contribution < 1.29 is 4.55 Å². The summed E-state index contributed by atoms with van der Waals surface area (Å²) in [6, 6.07) is 0. The van der Waals surface area contributed by atoms with Crippen molar-refractivity contribution in [1.82, 2.24) is 4.72 Å². The van der Waals surface area contributed by atoms with Crippen molar-refractivity contribution in [3.8, 4) is 0 Å². The number of rotatable bonds is 8. The first-order valence-electron chi connectivity index (χ1n) is 6.18.